The lowest BCUT2D eigenvalue weighted by Gasteiger charge is -2.15. The van der Waals surface area contributed by atoms with E-state index in [-0.39, 0.29) is 12.4 Å². The molecule has 0 saturated carbocycles. The van der Waals surface area contributed by atoms with Crippen LogP contribution < -0.4 is 9.47 Å². The number of hydrogen-bond acceptors (Lipinski definition) is 2. The number of alkyl halides is 3. The molecule has 0 fully saturated rings. The van der Waals surface area contributed by atoms with E-state index in [1.165, 1.54) is 0 Å². The first-order valence-electron chi connectivity index (χ1n) is 6.97. The molecule has 0 heterocycles. The van der Waals surface area contributed by atoms with E-state index in [4.69, 9.17) is 9.47 Å². The van der Waals surface area contributed by atoms with Crippen LogP contribution in [0.15, 0.2) is 48.5 Å². The summed E-state index contributed by atoms with van der Waals surface area (Å²) in [5, 5.41) is 0. The maximum Gasteiger partial charge on any atom is 0.422 e. The average molecular weight is 310 g/mol. The van der Waals surface area contributed by atoms with Crippen molar-refractivity contribution in [1.82, 2.24) is 0 Å². The largest absolute Gasteiger partial charge is 0.485 e. The lowest BCUT2D eigenvalue weighted by molar-refractivity contribution is -0.153. The number of ether oxygens (including phenoxy) is 2. The van der Waals surface area contributed by atoms with Gasteiger partial charge in [0.2, 0.25) is 0 Å². The van der Waals surface area contributed by atoms with Gasteiger partial charge >= 0.3 is 6.18 Å². The molecule has 2 rings (SSSR count). The minimum Gasteiger partial charge on any atom is -0.485 e. The van der Waals surface area contributed by atoms with Crippen LogP contribution in [0.25, 0.3) is 0 Å². The summed E-state index contributed by atoms with van der Waals surface area (Å²) in [5.41, 5.74) is 1.83. The summed E-state index contributed by atoms with van der Waals surface area (Å²) >= 11 is 0. The van der Waals surface area contributed by atoms with Gasteiger partial charge in [-0.1, -0.05) is 43.3 Å². The van der Waals surface area contributed by atoms with Crippen LogP contribution in [0.1, 0.15) is 18.1 Å². The molecule has 0 radical (unpaired) electrons. The lowest BCUT2D eigenvalue weighted by Crippen LogP contribution is -2.19. The number of rotatable bonds is 6. The smallest absolute Gasteiger partial charge is 0.422 e. The van der Waals surface area contributed by atoms with E-state index in [0.717, 1.165) is 11.1 Å². The topological polar surface area (TPSA) is 18.5 Å². The molecule has 0 bridgehead atoms. The van der Waals surface area contributed by atoms with E-state index in [1.807, 2.05) is 43.3 Å². The van der Waals surface area contributed by atoms with E-state index in [2.05, 4.69) is 0 Å². The van der Waals surface area contributed by atoms with Crippen molar-refractivity contribution < 1.29 is 22.6 Å². The predicted octanol–water partition coefficient (Wildman–Crippen LogP) is 4.77. The Morgan fingerprint density at radius 3 is 2.23 bits per heavy atom. The summed E-state index contributed by atoms with van der Waals surface area (Å²) in [6, 6.07) is 14.5. The highest BCUT2D eigenvalue weighted by atomic mass is 19.4. The standard InChI is InChI=1S/C17H17F3O2/c1-2-13-8-9-15(16(10-13)22-12-17(18,19)20)21-11-14-6-4-3-5-7-14/h3-10H,2,11-12H2,1H3. The first-order chi connectivity index (χ1) is 10.5. The van der Waals surface area contributed by atoms with Gasteiger partial charge < -0.3 is 9.47 Å². The fraction of sp³-hybridized carbons (Fsp3) is 0.294. The molecule has 0 spiro atoms. The van der Waals surface area contributed by atoms with Crippen molar-refractivity contribution >= 4 is 0 Å². The van der Waals surface area contributed by atoms with Crippen molar-refractivity contribution in [1.29, 1.82) is 0 Å². The van der Waals surface area contributed by atoms with Gasteiger partial charge in [0.25, 0.3) is 0 Å². The second-order valence-corrected chi connectivity index (χ2v) is 4.81. The van der Waals surface area contributed by atoms with Gasteiger partial charge in [-0.3, -0.25) is 0 Å². The third-order valence-corrected chi connectivity index (χ3v) is 3.04. The summed E-state index contributed by atoms with van der Waals surface area (Å²) in [4.78, 5) is 0. The fourth-order valence-corrected chi connectivity index (χ4v) is 1.90. The number of halogens is 3. The van der Waals surface area contributed by atoms with Gasteiger partial charge in [-0.05, 0) is 29.7 Å². The number of aryl methyl sites for hydroxylation is 1. The highest BCUT2D eigenvalue weighted by Gasteiger charge is 2.29. The maximum atomic E-state index is 12.3. The van der Waals surface area contributed by atoms with Crippen LogP contribution >= 0.6 is 0 Å². The Bertz CT molecular complexity index is 595. The summed E-state index contributed by atoms with van der Waals surface area (Å²) in [7, 11) is 0. The van der Waals surface area contributed by atoms with Crippen molar-refractivity contribution in [2.24, 2.45) is 0 Å². The van der Waals surface area contributed by atoms with Gasteiger partial charge in [0.05, 0.1) is 0 Å². The Hall–Kier alpha value is -2.17. The zero-order valence-corrected chi connectivity index (χ0v) is 12.2. The van der Waals surface area contributed by atoms with E-state index in [0.29, 0.717) is 12.2 Å². The monoisotopic (exact) mass is 310 g/mol. The van der Waals surface area contributed by atoms with E-state index in [9.17, 15) is 13.2 Å². The minimum absolute atomic E-state index is 0.118. The third-order valence-electron chi connectivity index (χ3n) is 3.04. The van der Waals surface area contributed by atoms with Gasteiger partial charge in [0, 0.05) is 0 Å². The second-order valence-electron chi connectivity index (χ2n) is 4.81. The van der Waals surface area contributed by atoms with Crippen molar-refractivity contribution in [3.8, 4) is 11.5 Å². The molecule has 0 aromatic heterocycles. The average Bonchev–Trinajstić information content (AvgIpc) is 2.51. The van der Waals surface area contributed by atoms with Crippen molar-refractivity contribution in [2.45, 2.75) is 26.1 Å². The first kappa shape index (κ1) is 16.2. The number of hydrogen-bond donors (Lipinski definition) is 0. The predicted molar refractivity (Wildman–Crippen MR) is 78.1 cm³/mol. The molecule has 118 valence electrons. The highest BCUT2D eigenvalue weighted by Crippen LogP contribution is 2.31. The Morgan fingerprint density at radius 1 is 0.864 bits per heavy atom. The molecule has 0 unspecified atom stereocenters. The van der Waals surface area contributed by atoms with Crippen LogP contribution in [0.4, 0.5) is 13.2 Å². The van der Waals surface area contributed by atoms with Crippen molar-refractivity contribution in [3.63, 3.8) is 0 Å². The lowest BCUT2D eigenvalue weighted by atomic mass is 10.1. The summed E-state index contributed by atoms with van der Waals surface area (Å²) < 4.78 is 47.5. The molecule has 0 saturated heterocycles. The van der Waals surface area contributed by atoms with Crippen molar-refractivity contribution in [3.05, 3.63) is 59.7 Å². The van der Waals surface area contributed by atoms with Crippen LogP contribution in [0.2, 0.25) is 0 Å². The van der Waals surface area contributed by atoms with Gasteiger partial charge in [-0.2, -0.15) is 13.2 Å². The molecule has 2 aromatic carbocycles. The van der Waals surface area contributed by atoms with Crippen LogP contribution in [-0.4, -0.2) is 12.8 Å². The molecule has 0 N–H and O–H groups in total. The van der Waals surface area contributed by atoms with Gasteiger partial charge in [-0.15, -0.1) is 0 Å². The zero-order chi connectivity index (χ0) is 16.0. The highest BCUT2D eigenvalue weighted by molar-refractivity contribution is 5.43. The van der Waals surface area contributed by atoms with Crippen molar-refractivity contribution in [2.75, 3.05) is 6.61 Å². The van der Waals surface area contributed by atoms with Crippen LogP contribution in [-0.2, 0) is 13.0 Å². The molecule has 0 aliphatic carbocycles. The Morgan fingerprint density at radius 2 is 1.59 bits per heavy atom. The second kappa shape index (κ2) is 7.20. The summed E-state index contributed by atoms with van der Waals surface area (Å²) in [6.07, 6.45) is -3.67. The fourth-order valence-electron chi connectivity index (χ4n) is 1.90. The van der Waals surface area contributed by atoms with Gasteiger partial charge in [0.15, 0.2) is 18.1 Å². The minimum atomic E-state index is -4.38. The molecule has 2 nitrogen and oxygen atoms in total. The van der Waals surface area contributed by atoms with E-state index >= 15 is 0 Å². The molecular formula is C17H17F3O2. The van der Waals surface area contributed by atoms with E-state index in [1.54, 1.807) is 12.1 Å². The molecular weight excluding hydrogens is 293 g/mol. The quantitative estimate of drug-likeness (QED) is 0.765. The third kappa shape index (κ3) is 4.98. The van der Waals surface area contributed by atoms with Crippen LogP contribution in [0.5, 0.6) is 11.5 Å². The molecule has 0 amide bonds. The Kier molecular flexibility index (Phi) is 5.31. The summed E-state index contributed by atoms with van der Waals surface area (Å²) in [5.74, 6) is 0.429. The molecule has 0 atom stereocenters. The summed E-state index contributed by atoms with van der Waals surface area (Å²) in [6.45, 7) is 0.865. The SMILES string of the molecule is CCc1ccc(OCc2ccccc2)c(OCC(F)(F)F)c1. The zero-order valence-electron chi connectivity index (χ0n) is 12.2. The normalized spacial score (nSPS) is 11.3. The number of benzene rings is 2. The van der Waals surface area contributed by atoms with Crippen LogP contribution in [0, 0.1) is 0 Å². The van der Waals surface area contributed by atoms with E-state index < -0.39 is 12.8 Å². The Balaban J connectivity index is 2.11. The molecule has 0 aliphatic heterocycles. The maximum absolute atomic E-state index is 12.3. The molecule has 0 aliphatic rings. The van der Waals surface area contributed by atoms with Gasteiger partial charge in [-0.25, -0.2) is 0 Å². The molecule has 2 aromatic rings. The molecule has 5 heteroatoms. The van der Waals surface area contributed by atoms with Crippen LogP contribution in [0.3, 0.4) is 0 Å². The first-order valence-corrected chi connectivity index (χ1v) is 6.97. The van der Waals surface area contributed by atoms with Gasteiger partial charge in [0.1, 0.15) is 6.61 Å². The molecule has 22 heavy (non-hydrogen) atoms. The Labute approximate surface area is 127 Å².